The molecule has 0 saturated carbocycles. The fourth-order valence-corrected chi connectivity index (χ4v) is 3.50. The minimum Gasteiger partial charge on any atom is -0.508 e. The Balaban J connectivity index is 2.21. The monoisotopic (exact) mass is 513 g/mol. The number of carbonyl (C=O) groups is 4. The topological polar surface area (TPSA) is 145 Å². The average Bonchev–Trinajstić information content (AvgIpc) is 2.90. The number of hydrogen-bond donors (Lipinski definition) is 4. The number of nitrogens with one attached hydrogen (secondary N) is 2. The molecule has 0 unspecified atom stereocenters. The van der Waals surface area contributed by atoms with Crippen LogP contribution in [0, 0.1) is 5.92 Å². The van der Waals surface area contributed by atoms with Gasteiger partial charge in [0.25, 0.3) is 0 Å². The molecule has 10 heteroatoms. The number of phenolic OH excluding ortho intramolecular Hbond substituents is 1. The fourth-order valence-electron chi connectivity index (χ4n) is 3.50. The Bertz CT molecular complexity index is 1060. The van der Waals surface area contributed by atoms with E-state index in [1.165, 1.54) is 26.1 Å². The van der Waals surface area contributed by atoms with Gasteiger partial charge in [0.1, 0.15) is 30.5 Å². The van der Waals surface area contributed by atoms with Gasteiger partial charge in [0, 0.05) is 13.5 Å². The smallest absolute Gasteiger partial charge is 0.408 e. The zero-order chi connectivity index (χ0) is 27.5. The molecule has 0 saturated heterocycles. The van der Waals surface area contributed by atoms with Crippen LogP contribution >= 0.6 is 0 Å². The van der Waals surface area contributed by atoms with E-state index < -0.39 is 42.0 Å². The Hall–Kier alpha value is -4.08. The van der Waals surface area contributed by atoms with E-state index in [9.17, 15) is 29.4 Å². The predicted molar refractivity (Wildman–Crippen MR) is 137 cm³/mol. The molecule has 200 valence electrons. The number of hydrogen-bond acceptors (Lipinski definition) is 6. The number of nitrogens with zero attached hydrogens (tertiary/aromatic N) is 1. The Labute approximate surface area is 216 Å². The Morgan fingerprint density at radius 3 is 2.14 bits per heavy atom. The standard InChI is InChI=1S/C27H35N3O7/c1-5-17(2)23(25(33)30(4)18(3)26(34)35)29-24(32)22(15-19-11-13-21(31)14-12-19)28-27(36)37-16-20-9-7-6-8-10-20/h6-14,17-18,22-23,31H,5,15-16H2,1-4H3,(H,28,36)(H,29,32)(H,34,35)/t17-,18-,22-,23-/m0/s1. The molecule has 2 rings (SSSR count). The lowest BCUT2D eigenvalue weighted by Gasteiger charge is -2.31. The summed E-state index contributed by atoms with van der Waals surface area (Å²) in [6.45, 7) is 5.02. The van der Waals surface area contributed by atoms with E-state index >= 15 is 0 Å². The molecule has 0 aliphatic heterocycles. The number of carboxylic acid groups (broad SMARTS) is 1. The average molecular weight is 514 g/mol. The summed E-state index contributed by atoms with van der Waals surface area (Å²) in [5.74, 6) is -2.59. The highest BCUT2D eigenvalue weighted by atomic mass is 16.5. The molecule has 37 heavy (non-hydrogen) atoms. The van der Waals surface area contributed by atoms with Crippen molar-refractivity contribution in [3.63, 3.8) is 0 Å². The van der Waals surface area contributed by atoms with Gasteiger partial charge >= 0.3 is 12.1 Å². The molecule has 0 spiro atoms. The summed E-state index contributed by atoms with van der Waals surface area (Å²) in [4.78, 5) is 51.5. The van der Waals surface area contributed by atoms with Crippen molar-refractivity contribution in [3.05, 3.63) is 65.7 Å². The minimum absolute atomic E-state index is 0.00602. The molecule has 0 aliphatic rings. The second-order valence-electron chi connectivity index (χ2n) is 8.96. The van der Waals surface area contributed by atoms with Crippen molar-refractivity contribution in [3.8, 4) is 5.75 Å². The second-order valence-corrected chi connectivity index (χ2v) is 8.96. The van der Waals surface area contributed by atoms with E-state index in [4.69, 9.17) is 4.74 Å². The quantitative estimate of drug-likeness (QED) is 0.341. The van der Waals surface area contributed by atoms with Crippen LogP contribution in [0.25, 0.3) is 0 Å². The molecule has 10 nitrogen and oxygen atoms in total. The summed E-state index contributed by atoms with van der Waals surface area (Å²) < 4.78 is 5.27. The minimum atomic E-state index is -1.17. The Morgan fingerprint density at radius 1 is 0.946 bits per heavy atom. The van der Waals surface area contributed by atoms with Crippen molar-refractivity contribution in [2.45, 2.75) is 58.3 Å². The maximum absolute atomic E-state index is 13.4. The molecule has 4 atom stereocenters. The highest BCUT2D eigenvalue weighted by molar-refractivity contribution is 5.93. The van der Waals surface area contributed by atoms with Gasteiger partial charge in [-0.3, -0.25) is 9.59 Å². The van der Waals surface area contributed by atoms with Gasteiger partial charge in [-0.1, -0.05) is 62.7 Å². The lowest BCUT2D eigenvalue weighted by molar-refractivity contribution is -0.150. The van der Waals surface area contributed by atoms with Crippen molar-refractivity contribution in [2.24, 2.45) is 5.92 Å². The summed E-state index contributed by atoms with van der Waals surface area (Å²) in [5.41, 5.74) is 1.43. The van der Waals surface area contributed by atoms with Crippen molar-refractivity contribution < 1.29 is 34.1 Å². The summed E-state index contributed by atoms with van der Waals surface area (Å²) in [7, 11) is 1.37. The van der Waals surface area contributed by atoms with Gasteiger partial charge in [-0.2, -0.15) is 0 Å². The van der Waals surface area contributed by atoms with Gasteiger partial charge in [0.15, 0.2) is 0 Å². The fraction of sp³-hybridized carbons (Fsp3) is 0.407. The molecular formula is C27H35N3O7. The van der Waals surface area contributed by atoms with Gasteiger partial charge in [-0.25, -0.2) is 9.59 Å². The van der Waals surface area contributed by atoms with E-state index in [1.807, 2.05) is 25.1 Å². The van der Waals surface area contributed by atoms with Crippen LogP contribution in [0.3, 0.4) is 0 Å². The summed E-state index contributed by atoms with van der Waals surface area (Å²) in [6, 6.07) is 12.0. The normalized spacial score (nSPS) is 13.9. The molecule has 4 N–H and O–H groups in total. The van der Waals surface area contributed by atoms with Crippen LogP contribution in [0.5, 0.6) is 5.75 Å². The van der Waals surface area contributed by atoms with Crippen molar-refractivity contribution >= 4 is 23.9 Å². The number of carboxylic acids is 1. The van der Waals surface area contributed by atoms with E-state index in [1.54, 1.807) is 31.2 Å². The number of phenols is 1. The predicted octanol–water partition coefficient (Wildman–Crippen LogP) is 2.69. The highest BCUT2D eigenvalue weighted by Gasteiger charge is 2.34. The van der Waals surface area contributed by atoms with Crippen molar-refractivity contribution in [1.29, 1.82) is 0 Å². The van der Waals surface area contributed by atoms with Gasteiger partial charge in [-0.05, 0) is 36.1 Å². The third-order valence-electron chi connectivity index (χ3n) is 6.26. The van der Waals surface area contributed by atoms with Crippen LogP contribution in [0.1, 0.15) is 38.3 Å². The number of alkyl carbamates (subject to hydrolysis) is 1. The summed E-state index contributed by atoms with van der Waals surface area (Å²) >= 11 is 0. The zero-order valence-electron chi connectivity index (χ0n) is 21.5. The zero-order valence-corrected chi connectivity index (χ0v) is 21.5. The van der Waals surface area contributed by atoms with Gasteiger partial charge < -0.3 is 30.5 Å². The number of likely N-dealkylation sites (N-methyl/N-ethyl adjacent to an activating group) is 1. The number of aliphatic carboxylic acids is 1. The van der Waals surface area contributed by atoms with Gasteiger partial charge in [0.2, 0.25) is 11.8 Å². The van der Waals surface area contributed by atoms with E-state index in [0.717, 1.165) is 10.5 Å². The molecule has 0 aliphatic carbocycles. The first kappa shape index (κ1) is 29.2. The highest BCUT2D eigenvalue weighted by Crippen LogP contribution is 2.15. The first-order valence-electron chi connectivity index (χ1n) is 12.1. The van der Waals surface area contributed by atoms with Gasteiger partial charge in [-0.15, -0.1) is 0 Å². The summed E-state index contributed by atoms with van der Waals surface area (Å²) in [6.07, 6.45) is -0.206. The lowest BCUT2D eigenvalue weighted by atomic mass is 9.96. The molecule has 0 bridgehead atoms. The van der Waals surface area contributed by atoms with Crippen LogP contribution in [0.15, 0.2) is 54.6 Å². The molecule has 0 aromatic heterocycles. The first-order valence-corrected chi connectivity index (χ1v) is 12.1. The number of rotatable bonds is 12. The number of aromatic hydroxyl groups is 1. The van der Waals surface area contributed by atoms with E-state index in [0.29, 0.717) is 12.0 Å². The third kappa shape index (κ3) is 8.82. The number of amides is 3. The SMILES string of the molecule is CC[C@H](C)[C@H](NC(=O)[C@H](Cc1ccc(O)cc1)NC(=O)OCc1ccccc1)C(=O)N(C)[C@@H](C)C(=O)O. The van der Waals surface area contributed by atoms with Crippen molar-refractivity contribution in [1.82, 2.24) is 15.5 Å². The Morgan fingerprint density at radius 2 is 1.57 bits per heavy atom. The second kappa shape index (κ2) is 13.9. The molecule has 2 aromatic rings. The molecule has 0 heterocycles. The Kier molecular flexibility index (Phi) is 10.9. The summed E-state index contributed by atoms with van der Waals surface area (Å²) in [5, 5.41) is 24.2. The van der Waals surface area contributed by atoms with Crippen LogP contribution in [-0.2, 0) is 32.1 Å². The first-order chi connectivity index (χ1) is 17.5. The molecule has 0 fully saturated rings. The third-order valence-corrected chi connectivity index (χ3v) is 6.26. The molecule has 3 amide bonds. The largest absolute Gasteiger partial charge is 0.508 e. The van der Waals surface area contributed by atoms with Crippen LogP contribution in [0.2, 0.25) is 0 Å². The van der Waals surface area contributed by atoms with E-state index in [-0.39, 0.29) is 24.7 Å². The molecule has 2 aromatic carbocycles. The van der Waals surface area contributed by atoms with Crippen LogP contribution in [-0.4, -0.2) is 64.2 Å². The maximum atomic E-state index is 13.4. The van der Waals surface area contributed by atoms with E-state index in [2.05, 4.69) is 10.6 Å². The maximum Gasteiger partial charge on any atom is 0.408 e. The van der Waals surface area contributed by atoms with Crippen LogP contribution < -0.4 is 10.6 Å². The molecular weight excluding hydrogens is 478 g/mol. The number of benzene rings is 2. The van der Waals surface area contributed by atoms with Crippen LogP contribution in [0.4, 0.5) is 4.79 Å². The number of carbonyl (C=O) groups excluding carboxylic acids is 3. The number of ether oxygens (including phenoxy) is 1. The molecule has 0 radical (unpaired) electrons. The lowest BCUT2D eigenvalue weighted by Crippen LogP contribution is -2.58. The van der Waals surface area contributed by atoms with Crippen molar-refractivity contribution in [2.75, 3.05) is 7.05 Å². The van der Waals surface area contributed by atoms with Gasteiger partial charge in [0.05, 0.1) is 0 Å².